The summed E-state index contributed by atoms with van der Waals surface area (Å²) in [4.78, 5) is 1.35. The summed E-state index contributed by atoms with van der Waals surface area (Å²) in [6, 6.07) is 13.3. The quantitative estimate of drug-likeness (QED) is 0.875. The van der Waals surface area contributed by atoms with Crippen LogP contribution in [0.5, 0.6) is 0 Å². The van der Waals surface area contributed by atoms with Crippen LogP contribution in [0.2, 0.25) is 0 Å². The second-order valence-corrected chi connectivity index (χ2v) is 6.54. The molecule has 2 aromatic rings. The predicted molar refractivity (Wildman–Crippen MR) is 78.7 cm³/mol. The molecule has 1 N–H and O–H groups in total. The molecule has 0 saturated heterocycles. The summed E-state index contributed by atoms with van der Waals surface area (Å²) in [7, 11) is 0. The minimum absolute atomic E-state index is 0.302. The van der Waals surface area contributed by atoms with Crippen molar-refractivity contribution in [2.24, 2.45) is 0 Å². The molecule has 0 aliphatic rings. The SMILES string of the molecule is CCNC(c1cccc(C)c1)c1ccc(Br)s1. The summed E-state index contributed by atoms with van der Waals surface area (Å²) in [5.74, 6) is 0. The number of thiophene rings is 1. The lowest BCUT2D eigenvalue weighted by Crippen LogP contribution is -2.21. The van der Waals surface area contributed by atoms with Crippen LogP contribution in [0.4, 0.5) is 0 Å². The molecule has 0 aliphatic heterocycles. The average molecular weight is 310 g/mol. The second-order valence-electron chi connectivity index (χ2n) is 4.05. The van der Waals surface area contributed by atoms with E-state index in [0.29, 0.717) is 6.04 Å². The zero-order chi connectivity index (χ0) is 12.3. The van der Waals surface area contributed by atoms with Gasteiger partial charge in [-0.15, -0.1) is 11.3 Å². The van der Waals surface area contributed by atoms with Crippen LogP contribution in [0.3, 0.4) is 0 Å². The molecule has 2 rings (SSSR count). The highest BCUT2D eigenvalue weighted by molar-refractivity contribution is 9.11. The van der Waals surface area contributed by atoms with Gasteiger partial charge in [0, 0.05) is 4.88 Å². The van der Waals surface area contributed by atoms with Crippen LogP contribution >= 0.6 is 27.3 Å². The first-order valence-electron chi connectivity index (χ1n) is 5.76. The first-order chi connectivity index (χ1) is 8.20. The van der Waals surface area contributed by atoms with Crippen LogP contribution < -0.4 is 5.32 Å². The topological polar surface area (TPSA) is 12.0 Å². The molecule has 1 aromatic heterocycles. The maximum Gasteiger partial charge on any atom is 0.0702 e. The third kappa shape index (κ3) is 3.18. The Morgan fingerprint density at radius 1 is 1.29 bits per heavy atom. The minimum atomic E-state index is 0.302. The zero-order valence-corrected chi connectivity index (χ0v) is 12.4. The molecule has 0 spiro atoms. The van der Waals surface area contributed by atoms with Gasteiger partial charge in [0.05, 0.1) is 9.83 Å². The number of halogens is 1. The van der Waals surface area contributed by atoms with Crippen molar-refractivity contribution < 1.29 is 0 Å². The van der Waals surface area contributed by atoms with E-state index in [1.54, 1.807) is 11.3 Å². The van der Waals surface area contributed by atoms with Crippen molar-refractivity contribution in [3.05, 3.63) is 56.2 Å². The van der Waals surface area contributed by atoms with Crippen LogP contribution in [0, 0.1) is 6.92 Å². The van der Waals surface area contributed by atoms with Gasteiger partial charge in [0.2, 0.25) is 0 Å². The first-order valence-corrected chi connectivity index (χ1v) is 7.37. The van der Waals surface area contributed by atoms with Gasteiger partial charge < -0.3 is 5.32 Å². The molecule has 3 heteroatoms. The Kier molecular flexibility index (Phi) is 4.37. The van der Waals surface area contributed by atoms with Crippen molar-refractivity contribution in [1.82, 2.24) is 5.32 Å². The van der Waals surface area contributed by atoms with E-state index >= 15 is 0 Å². The van der Waals surface area contributed by atoms with Gasteiger partial charge in [-0.1, -0.05) is 36.8 Å². The van der Waals surface area contributed by atoms with Gasteiger partial charge >= 0.3 is 0 Å². The molecule has 0 bridgehead atoms. The van der Waals surface area contributed by atoms with Crippen LogP contribution in [-0.4, -0.2) is 6.54 Å². The Labute approximate surface area is 115 Å². The molecule has 0 fully saturated rings. The molecule has 1 heterocycles. The minimum Gasteiger partial charge on any atom is -0.306 e. The standard InChI is InChI=1S/C14H16BrNS/c1-3-16-14(12-7-8-13(15)17-12)11-6-4-5-10(2)9-11/h4-9,14,16H,3H2,1-2H3. The molecule has 0 amide bonds. The fourth-order valence-electron chi connectivity index (χ4n) is 1.92. The normalized spacial score (nSPS) is 12.6. The Hall–Kier alpha value is -0.640. The monoisotopic (exact) mass is 309 g/mol. The van der Waals surface area contributed by atoms with Crippen molar-refractivity contribution >= 4 is 27.3 Å². The summed E-state index contributed by atoms with van der Waals surface area (Å²) >= 11 is 5.32. The van der Waals surface area contributed by atoms with E-state index in [2.05, 4.69) is 71.5 Å². The van der Waals surface area contributed by atoms with E-state index in [9.17, 15) is 0 Å². The maximum absolute atomic E-state index is 3.55. The third-order valence-electron chi connectivity index (χ3n) is 2.66. The van der Waals surface area contributed by atoms with Crippen molar-refractivity contribution in [2.75, 3.05) is 6.54 Å². The molecule has 1 aromatic carbocycles. The molecule has 0 radical (unpaired) electrons. The Balaban J connectivity index is 2.35. The highest BCUT2D eigenvalue weighted by Gasteiger charge is 2.14. The first kappa shape index (κ1) is 12.8. The van der Waals surface area contributed by atoms with E-state index in [4.69, 9.17) is 0 Å². The van der Waals surface area contributed by atoms with E-state index < -0.39 is 0 Å². The van der Waals surface area contributed by atoms with Gasteiger partial charge in [-0.2, -0.15) is 0 Å². The lowest BCUT2D eigenvalue weighted by atomic mass is 10.0. The van der Waals surface area contributed by atoms with Crippen molar-refractivity contribution in [3.8, 4) is 0 Å². The molecule has 0 aliphatic carbocycles. The van der Waals surface area contributed by atoms with Gasteiger partial charge in [0.15, 0.2) is 0 Å². The molecule has 0 saturated carbocycles. The van der Waals surface area contributed by atoms with Crippen LogP contribution in [0.1, 0.15) is 29.0 Å². The smallest absolute Gasteiger partial charge is 0.0702 e. The van der Waals surface area contributed by atoms with E-state index in [1.165, 1.54) is 19.8 Å². The Morgan fingerprint density at radius 2 is 2.12 bits per heavy atom. The Bertz CT molecular complexity index is 492. The summed E-state index contributed by atoms with van der Waals surface area (Å²) < 4.78 is 1.18. The number of aryl methyl sites for hydroxylation is 1. The number of nitrogens with one attached hydrogen (secondary N) is 1. The summed E-state index contributed by atoms with van der Waals surface area (Å²) in [5, 5.41) is 3.55. The van der Waals surface area contributed by atoms with E-state index in [-0.39, 0.29) is 0 Å². The van der Waals surface area contributed by atoms with Crippen molar-refractivity contribution in [1.29, 1.82) is 0 Å². The van der Waals surface area contributed by atoms with Crippen molar-refractivity contribution in [2.45, 2.75) is 19.9 Å². The van der Waals surface area contributed by atoms with E-state index in [0.717, 1.165) is 6.54 Å². The molecule has 1 atom stereocenters. The summed E-state index contributed by atoms with van der Waals surface area (Å²) in [5.41, 5.74) is 2.64. The largest absolute Gasteiger partial charge is 0.306 e. The van der Waals surface area contributed by atoms with Gasteiger partial charge in [-0.25, -0.2) is 0 Å². The highest BCUT2D eigenvalue weighted by Crippen LogP contribution is 2.31. The molecular formula is C14H16BrNS. The number of hydrogen-bond acceptors (Lipinski definition) is 2. The van der Waals surface area contributed by atoms with Crippen LogP contribution in [0.15, 0.2) is 40.2 Å². The van der Waals surface area contributed by atoms with Gasteiger partial charge in [-0.3, -0.25) is 0 Å². The number of hydrogen-bond donors (Lipinski definition) is 1. The fourth-order valence-corrected chi connectivity index (χ4v) is 3.45. The molecule has 1 nitrogen and oxygen atoms in total. The average Bonchev–Trinajstić information content (AvgIpc) is 2.72. The Morgan fingerprint density at radius 3 is 2.71 bits per heavy atom. The highest BCUT2D eigenvalue weighted by atomic mass is 79.9. The van der Waals surface area contributed by atoms with Crippen LogP contribution in [-0.2, 0) is 0 Å². The van der Waals surface area contributed by atoms with Gasteiger partial charge in [-0.05, 0) is 47.1 Å². The summed E-state index contributed by atoms with van der Waals surface area (Å²) in [6.07, 6.45) is 0. The van der Waals surface area contributed by atoms with Gasteiger partial charge in [0.1, 0.15) is 0 Å². The number of rotatable bonds is 4. The lowest BCUT2D eigenvalue weighted by Gasteiger charge is -2.17. The van der Waals surface area contributed by atoms with Crippen molar-refractivity contribution in [3.63, 3.8) is 0 Å². The molecule has 90 valence electrons. The molecular weight excluding hydrogens is 294 g/mol. The predicted octanol–water partition coefficient (Wildman–Crippen LogP) is 4.52. The van der Waals surface area contributed by atoms with Crippen LogP contribution in [0.25, 0.3) is 0 Å². The fraction of sp³-hybridized carbons (Fsp3) is 0.286. The van der Waals surface area contributed by atoms with E-state index in [1.807, 2.05) is 0 Å². The molecule has 17 heavy (non-hydrogen) atoms. The molecule has 1 unspecified atom stereocenters. The third-order valence-corrected chi connectivity index (χ3v) is 4.35. The second kappa shape index (κ2) is 5.80. The number of benzene rings is 1. The zero-order valence-electron chi connectivity index (χ0n) is 10.0. The maximum atomic E-state index is 3.55. The lowest BCUT2D eigenvalue weighted by molar-refractivity contribution is 0.639. The summed E-state index contributed by atoms with van der Waals surface area (Å²) in [6.45, 7) is 5.25. The van der Waals surface area contributed by atoms with Gasteiger partial charge in [0.25, 0.3) is 0 Å².